The lowest BCUT2D eigenvalue weighted by molar-refractivity contribution is 0.647. The lowest BCUT2D eigenvalue weighted by atomic mass is 9.94. The Labute approximate surface area is 91.7 Å². The van der Waals surface area contributed by atoms with Crippen molar-refractivity contribution >= 4 is 0 Å². The molecule has 2 rings (SSSR count). The molecule has 15 heavy (non-hydrogen) atoms. The largest absolute Gasteiger partial charge is 0.197 e. The first-order valence-corrected chi connectivity index (χ1v) is 5.67. The fourth-order valence-electron chi connectivity index (χ4n) is 2.02. The van der Waals surface area contributed by atoms with E-state index in [1.807, 2.05) is 0 Å². The van der Waals surface area contributed by atoms with Crippen LogP contribution in [0.2, 0.25) is 0 Å². The van der Waals surface area contributed by atoms with E-state index in [-0.39, 0.29) is 5.41 Å². The lowest BCUT2D eigenvalue weighted by Gasteiger charge is -2.08. The Hall–Kier alpha value is -1.29. The van der Waals surface area contributed by atoms with Gasteiger partial charge in [-0.3, -0.25) is 0 Å². The van der Waals surface area contributed by atoms with E-state index in [0.717, 1.165) is 19.3 Å². The Bertz CT molecular complexity index is 377. The van der Waals surface area contributed by atoms with Gasteiger partial charge in [0.1, 0.15) is 0 Å². The summed E-state index contributed by atoms with van der Waals surface area (Å²) in [6.45, 7) is 4.46. The van der Waals surface area contributed by atoms with Crippen molar-refractivity contribution < 1.29 is 0 Å². The zero-order chi connectivity index (χ0) is 10.9. The first-order valence-electron chi connectivity index (χ1n) is 5.67. The van der Waals surface area contributed by atoms with Crippen LogP contribution in [-0.2, 0) is 11.8 Å². The Morgan fingerprint density at radius 2 is 1.87 bits per heavy atom. The van der Waals surface area contributed by atoms with Crippen molar-refractivity contribution in [3.05, 3.63) is 35.4 Å². The Kier molecular flexibility index (Phi) is 2.52. The summed E-state index contributed by atoms with van der Waals surface area (Å²) in [6.07, 6.45) is 3.19. The molecule has 0 atom stereocenters. The van der Waals surface area contributed by atoms with Gasteiger partial charge in [-0.15, -0.1) is 0 Å². The van der Waals surface area contributed by atoms with E-state index in [9.17, 15) is 0 Å². The summed E-state index contributed by atoms with van der Waals surface area (Å²) in [5.74, 6) is 0.696. The minimum atomic E-state index is -0.129. The molecular weight excluding hydrogens is 182 g/mol. The highest BCUT2D eigenvalue weighted by Gasteiger charge is 2.44. The Balaban J connectivity index is 2.15. The molecule has 0 saturated heterocycles. The molecule has 0 heterocycles. The maximum absolute atomic E-state index is 9.07. The van der Waals surface area contributed by atoms with Gasteiger partial charge in [0.15, 0.2) is 0 Å². The van der Waals surface area contributed by atoms with E-state index in [4.69, 9.17) is 5.26 Å². The summed E-state index contributed by atoms with van der Waals surface area (Å²) in [4.78, 5) is 0. The van der Waals surface area contributed by atoms with Crippen LogP contribution in [0.25, 0.3) is 0 Å². The van der Waals surface area contributed by atoms with Gasteiger partial charge in [0.2, 0.25) is 0 Å². The first-order chi connectivity index (χ1) is 7.16. The molecule has 0 bridgehead atoms. The maximum atomic E-state index is 9.07. The van der Waals surface area contributed by atoms with Crippen molar-refractivity contribution in [2.75, 3.05) is 0 Å². The van der Waals surface area contributed by atoms with Crippen LogP contribution >= 0.6 is 0 Å². The molecule has 0 aromatic heterocycles. The second-order valence-electron chi connectivity index (χ2n) is 4.99. The zero-order valence-electron chi connectivity index (χ0n) is 9.46. The molecule has 0 N–H and O–H groups in total. The van der Waals surface area contributed by atoms with E-state index in [2.05, 4.69) is 44.2 Å². The van der Waals surface area contributed by atoms with Gasteiger partial charge in [-0.05, 0) is 36.3 Å². The minimum absolute atomic E-state index is 0.129. The molecule has 1 aromatic rings. The van der Waals surface area contributed by atoms with Crippen LogP contribution in [0, 0.1) is 17.2 Å². The SMILES string of the molecule is CC(C)Cc1ccc(C2(C#N)CC2)cc1. The van der Waals surface area contributed by atoms with Crippen LogP contribution in [0.3, 0.4) is 0 Å². The predicted molar refractivity (Wildman–Crippen MR) is 61.5 cm³/mol. The Morgan fingerprint density at radius 1 is 1.27 bits per heavy atom. The van der Waals surface area contributed by atoms with E-state index < -0.39 is 0 Å². The molecule has 1 nitrogen and oxygen atoms in total. The minimum Gasteiger partial charge on any atom is -0.197 e. The van der Waals surface area contributed by atoms with Crippen LogP contribution in [-0.4, -0.2) is 0 Å². The number of benzene rings is 1. The molecule has 1 aliphatic rings. The van der Waals surface area contributed by atoms with Crippen molar-refractivity contribution in [3.8, 4) is 6.07 Å². The van der Waals surface area contributed by atoms with E-state index in [1.54, 1.807) is 0 Å². The first kappa shape index (κ1) is 10.2. The monoisotopic (exact) mass is 199 g/mol. The second kappa shape index (κ2) is 3.70. The van der Waals surface area contributed by atoms with Crippen molar-refractivity contribution in [2.45, 2.75) is 38.5 Å². The van der Waals surface area contributed by atoms with Gasteiger partial charge in [-0.1, -0.05) is 38.1 Å². The molecule has 0 unspecified atom stereocenters. The molecule has 1 aromatic carbocycles. The molecule has 1 heteroatoms. The summed E-state index contributed by atoms with van der Waals surface area (Å²) in [6, 6.07) is 11.0. The Morgan fingerprint density at radius 3 is 2.27 bits per heavy atom. The molecule has 0 aliphatic heterocycles. The van der Waals surface area contributed by atoms with Crippen LogP contribution in [0.5, 0.6) is 0 Å². The van der Waals surface area contributed by atoms with Gasteiger partial charge in [0.05, 0.1) is 11.5 Å². The summed E-state index contributed by atoms with van der Waals surface area (Å²) in [5.41, 5.74) is 2.45. The van der Waals surface area contributed by atoms with Crippen molar-refractivity contribution in [3.63, 3.8) is 0 Å². The van der Waals surface area contributed by atoms with Crippen molar-refractivity contribution in [1.82, 2.24) is 0 Å². The highest BCUT2D eigenvalue weighted by Crippen LogP contribution is 2.47. The highest BCUT2D eigenvalue weighted by molar-refractivity contribution is 5.40. The fourth-order valence-corrected chi connectivity index (χ4v) is 2.02. The molecule has 78 valence electrons. The highest BCUT2D eigenvalue weighted by atomic mass is 14.5. The fraction of sp³-hybridized carbons (Fsp3) is 0.500. The van der Waals surface area contributed by atoms with Crippen LogP contribution < -0.4 is 0 Å². The van der Waals surface area contributed by atoms with Crippen molar-refractivity contribution in [1.29, 1.82) is 5.26 Å². The molecule has 1 saturated carbocycles. The number of nitriles is 1. The quantitative estimate of drug-likeness (QED) is 0.731. The third kappa shape index (κ3) is 2.04. The number of hydrogen-bond acceptors (Lipinski definition) is 1. The van der Waals surface area contributed by atoms with Gasteiger partial charge in [-0.2, -0.15) is 5.26 Å². The van der Waals surface area contributed by atoms with Crippen molar-refractivity contribution in [2.24, 2.45) is 5.92 Å². The molecule has 1 fully saturated rings. The standard InChI is InChI=1S/C14H17N/c1-11(2)9-12-3-5-13(6-4-12)14(10-15)7-8-14/h3-6,11H,7-9H2,1-2H3. The van der Waals surface area contributed by atoms with Gasteiger partial charge < -0.3 is 0 Å². The van der Waals surface area contributed by atoms with Crippen LogP contribution in [0.4, 0.5) is 0 Å². The summed E-state index contributed by atoms with van der Waals surface area (Å²) in [5, 5.41) is 9.07. The smallest absolute Gasteiger partial charge is 0.0823 e. The van der Waals surface area contributed by atoms with Gasteiger partial charge in [0.25, 0.3) is 0 Å². The average Bonchev–Trinajstić information content (AvgIpc) is 2.99. The van der Waals surface area contributed by atoms with Gasteiger partial charge in [-0.25, -0.2) is 0 Å². The van der Waals surface area contributed by atoms with E-state index in [1.165, 1.54) is 11.1 Å². The summed E-state index contributed by atoms with van der Waals surface area (Å²) >= 11 is 0. The third-order valence-electron chi connectivity index (χ3n) is 3.11. The van der Waals surface area contributed by atoms with Crippen LogP contribution in [0.1, 0.15) is 37.8 Å². The second-order valence-corrected chi connectivity index (χ2v) is 4.99. The zero-order valence-corrected chi connectivity index (χ0v) is 9.46. The molecular formula is C14H17N. The maximum Gasteiger partial charge on any atom is 0.0823 e. The summed E-state index contributed by atoms with van der Waals surface area (Å²) in [7, 11) is 0. The molecule has 0 spiro atoms. The molecule has 0 amide bonds. The van der Waals surface area contributed by atoms with E-state index >= 15 is 0 Å². The van der Waals surface area contributed by atoms with Crippen LogP contribution in [0.15, 0.2) is 24.3 Å². The number of hydrogen-bond donors (Lipinski definition) is 0. The third-order valence-corrected chi connectivity index (χ3v) is 3.11. The number of rotatable bonds is 3. The van der Waals surface area contributed by atoms with Gasteiger partial charge in [0, 0.05) is 0 Å². The van der Waals surface area contributed by atoms with E-state index in [0.29, 0.717) is 5.92 Å². The lowest BCUT2D eigenvalue weighted by Crippen LogP contribution is -2.02. The average molecular weight is 199 g/mol. The summed E-state index contributed by atoms with van der Waals surface area (Å²) < 4.78 is 0. The number of nitrogens with zero attached hydrogens (tertiary/aromatic N) is 1. The molecule has 1 aliphatic carbocycles. The predicted octanol–water partition coefficient (Wildman–Crippen LogP) is 3.44. The normalized spacial score (nSPS) is 17.5. The van der Waals surface area contributed by atoms with Gasteiger partial charge >= 0.3 is 0 Å². The molecule has 0 radical (unpaired) electrons. The topological polar surface area (TPSA) is 23.8 Å².